The van der Waals surface area contributed by atoms with E-state index in [-0.39, 0.29) is 11.5 Å². The van der Waals surface area contributed by atoms with E-state index in [1.165, 1.54) is 18.2 Å². The van der Waals surface area contributed by atoms with Crippen LogP contribution in [0, 0.1) is 5.82 Å². The van der Waals surface area contributed by atoms with Crippen molar-refractivity contribution in [1.82, 2.24) is 4.98 Å². The fourth-order valence-electron chi connectivity index (χ4n) is 1.73. The van der Waals surface area contributed by atoms with Crippen LogP contribution >= 0.6 is 0 Å². The van der Waals surface area contributed by atoms with Crippen molar-refractivity contribution < 1.29 is 9.18 Å². The molecule has 0 aliphatic rings. The van der Waals surface area contributed by atoms with Crippen LogP contribution in [-0.2, 0) is 6.42 Å². The summed E-state index contributed by atoms with van der Waals surface area (Å²) < 4.78 is 12.8. The zero-order valence-electron chi connectivity index (χ0n) is 10.8. The first-order valence-electron chi connectivity index (χ1n) is 6.11. The van der Waals surface area contributed by atoms with Crippen molar-refractivity contribution in [2.75, 3.05) is 17.6 Å². The summed E-state index contributed by atoms with van der Waals surface area (Å²) in [5.41, 5.74) is 12.5. The van der Waals surface area contributed by atoms with Crippen LogP contribution < -0.4 is 16.8 Å². The number of hydrogen-bond donors (Lipinski definition) is 3. The van der Waals surface area contributed by atoms with Crippen LogP contribution in [0.4, 0.5) is 15.9 Å². The number of nitrogen functional groups attached to an aromatic ring is 1. The summed E-state index contributed by atoms with van der Waals surface area (Å²) in [7, 11) is 0. The minimum absolute atomic E-state index is 0.156. The minimum Gasteiger partial charge on any atom is -0.396 e. The van der Waals surface area contributed by atoms with E-state index in [0.717, 1.165) is 5.56 Å². The van der Waals surface area contributed by atoms with E-state index in [1.54, 1.807) is 18.2 Å². The maximum atomic E-state index is 12.8. The average Bonchev–Trinajstić information content (AvgIpc) is 2.43. The van der Waals surface area contributed by atoms with E-state index in [2.05, 4.69) is 10.3 Å². The topological polar surface area (TPSA) is 94.0 Å². The van der Waals surface area contributed by atoms with Gasteiger partial charge in [0.25, 0.3) is 5.91 Å². The Kier molecular flexibility index (Phi) is 4.14. The van der Waals surface area contributed by atoms with E-state index in [9.17, 15) is 9.18 Å². The van der Waals surface area contributed by atoms with Crippen LogP contribution in [0.2, 0.25) is 0 Å². The number of nitrogens with one attached hydrogen (secondary N) is 1. The van der Waals surface area contributed by atoms with Gasteiger partial charge in [-0.1, -0.05) is 12.1 Å². The summed E-state index contributed by atoms with van der Waals surface area (Å²) in [5, 5.41) is 3.03. The Morgan fingerprint density at radius 1 is 1.20 bits per heavy atom. The van der Waals surface area contributed by atoms with Crippen LogP contribution in [0.1, 0.15) is 16.1 Å². The summed E-state index contributed by atoms with van der Waals surface area (Å²) >= 11 is 0. The number of carbonyl (C=O) groups excluding carboxylic acids is 1. The number of primary amides is 1. The highest BCUT2D eigenvalue weighted by molar-refractivity contribution is 5.91. The smallest absolute Gasteiger partial charge is 0.267 e. The first kappa shape index (κ1) is 13.8. The largest absolute Gasteiger partial charge is 0.396 e. The number of anilines is 2. The van der Waals surface area contributed by atoms with Gasteiger partial charge in [-0.25, -0.2) is 9.37 Å². The predicted octanol–water partition coefficient (Wildman–Crippen LogP) is 1.56. The highest BCUT2D eigenvalue weighted by Gasteiger charge is 2.06. The predicted molar refractivity (Wildman–Crippen MR) is 75.8 cm³/mol. The van der Waals surface area contributed by atoms with Crippen LogP contribution in [0.5, 0.6) is 0 Å². The third-order valence-electron chi connectivity index (χ3n) is 2.80. The number of amides is 1. The number of benzene rings is 1. The summed E-state index contributed by atoms with van der Waals surface area (Å²) in [6, 6.07) is 9.31. The Morgan fingerprint density at radius 2 is 1.90 bits per heavy atom. The van der Waals surface area contributed by atoms with Gasteiger partial charge in [-0.15, -0.1) is 0 Å². The molecule has 0 fully saturated rings. The number of hydrogen-bond acceptors (Lipinski definition) is 4. The second-order valence-electron chi connectivity index (χ2n) is 4.30. The second-order valence-corrected chi connectivity index (χ2v) is 4.30. The van der Waals surface area contributed by atoms with Crippen molar-refractivity contribution in [3.05, 3.63) is 53.5 Å². The second kappa shape index (κ2) is 6.01. The van der Waals surface area contributed by atoms with Gasteiger partial charge in [-0.2, -0.15) is 0 Å². The lowest BCUT2D eigenvalue weighted by atomic mass is 10.1. The molecule has 0 radical (unpaired) electrons. The molecule has 0 unspecified atom stereocenters. The summed E-state index contributed by atoms with van der Waals surface area (Å²) in [6.07, 6.45) is 0.683. The average molecular weight is 274 g/mol. The van der Waals surface area contributed by atoms with Crippen LogP contribution in [0.3, 0.4) is 0 Å². The lowest BCUT2D eigenvalue weighted by molar-refractivity contribution is 0.0996. The molecule has 5 N–H and O–H groups in total. The van der Waals surface area contributed by atoms with Gasteiger partial charge in [-0.05, 0) is 36.2 Å². The first-order valence-corrected chi connectivity index (χ1v) is 6.11. The number of aromatic nitrogens is 1. The molecule has 1 aromatic heterocycles. The number of nitrogens with two attached hydrogens (primary N) is 2. The number of carbonyl (C=O) groups is 1. The van der Waals surface area contributed by atoms with Crippen molar-refractivity contribution in [3.63, 3.8) is 0 Å². The maximum absolute atomic E-state index is 12.8. The standard InChI is InChI=1S/C14H15FN4O/c15-10-3-1-9(2-4-10)7-8-18-14-11(16)5-6-12(19-14)13(17)20/h1-6H,7-8,16H2,(H2,17,20)(H,18,19). The van der Waals surface area contributed by atoms with Crippen LogP contribution in [-0.4, -0.2) is 17.4 Å². The Hall–Kier alpha value is -2.63. The van der Waals surface area contributed by atoms with Gasteiger partial charge in [0.15, 0.2) is 0 Å². The number of halogens is 1. The molecule has 6 heteroatoms. The maximum Gasteiger partial charge on any atom is 0.267 e. The van der Waals surface area contributed by atoms with Gasteiger partial charge in [0.1, 0.15) is 17.3 Å². The summed E-state index contributed by atoms with van der Waals surface area (Å²) in [6.45, 7) is 0.561. The molecule has 2 aromatic rings. The molecule has 1 aromatic carbocycles. The van der Waals surface area contributed by atoms with Gasteiger partial charge in [0, 0.05) is 6.54 Å². The van der Waals surface area contributed by atoms with Crippen LogP contribution in [0.25, 0.3) is 0 Å². The Balaban J connectivity index is 1.98. The van der Waals surface area contributed by atoms with Gasteiger partial charge in [0.2, 0.25) is 0 Å². The lowest BCUT2D eigenvalue weighted by Crippen LogP contribution is -2.16. The molecule has 0 aliphatic carbocycles. The molecule has 2 rings (SSSR count). The van der Waals surface area contributed by atoms with E-state index < -0.39 is 5.91 Å². The van der Waals surface area contributed by atoms with Crippen molar-refractivity contribution in [2.45, 2.75) is 6.42 Å². The molecule has 20 heavy (non-hydrogen) atoms. The van der Waals surface area contributed by atoms with Crippen molar-refractivity contribution >= 4 is 17.4 Å². The summed E-state index contributed by atoms with van der Waals surface area (Å²) in [4.78, 5) is 15.1. The quantitative estimate of drug-likeness (QED) is 0.771. The highest BCUT2D eigenvalue weighted by atomic mass is 19.1. The summed E-state index contributed by atoms with van der Waals surface area (Å²) in [5.74, 6) is -0.447. The number of pyridine rings is 1. The molecule has 0 saturated heterocycles. The molecule has 104 valence electrons. The van der Waals surface area contributed by atoms with Crippen molar-refractivity contribution in [1.29, 1.82) is 0 Å². The van der Waals surface area contributed by atoms with E-state index in [1.807, 2.05) is 0 Å². The third-order valence-corrected chi connectivity index (χ3v) is 2.80. The molecule has 0 saturated carbocycles. The molecule has 0 spiro atoms. The Labute approximate surface area is 115 Å². The van der Waals surface area contributed by atoms with Gasteiger partial charge >= 0.3 is 0 Å². The molecule has 5 nitrogen and oxygen atoms in total. The zero-order valence-corrected chi connectivity index (χ0v) is 10.8. The van der Waals surface area contributed by atoms with E-state index in [0.29, 0.717) is 24.5 Å². The number of rotatable bonds is 5. The molecule has 0 bridgehead atoms. The molecule has 1 heterocycles. The molecule has 0 aliphatic heterocycles. The van der Waals surface area contributed by atoms with E-state index >= 15 is 0 Å². The SMILES string of the molecule is NC(=O)c1ccc(N)c(NCCc2ccc(F)cc2)n1. The monoisotopic (exact) mass is 274 g/mol. The van der Waals surface area contributed by atoms with Crippen molar-refractivity contribution in [3.8, 4) is 0 Å². The van der Waals surface area contributed by atoms with Crippen molar-refractivity contribution in [2.24, 2.45) is 5.73 Å². The lowest BCUT2D eigenvalue weighted by Gasteiger charge is -2.09. The Bertz CT molecular complexity index is 613. The minimum atomic E-state index is -0.605. The first-order chi connectivity index (χ1) is 9.56. The van der Waals surface area contributed by atoms with Gasteiger partial charge in [0.05, 0.1) is 5.69 Å². The molecular formula is C14H15FN4O. The normalized spacial score (nSPS) is 10.2. The number of nitrogens with zero attached hydrogens (tertiary/aromatic N) is 1. The fourth-order valence-corrected chi connectivity index (χ4v) is 1.73. The fraction of sp³-hybridized carbons (Fsp3) is 0.143. The van der Waals surface area contributed by atoms with Gasteiger partial charge < -0.3 is 16.8 Å². The van der Waals surface area contributed by atoms with Gasteiger partial charge in [-0.3, -0.25) is 4.79 Å². The molecular weight excluding hydrogens is 259 g/mol. The third kappa shape index (κ3) is 3.44. The Morgan fingerprint density at radius 3 is 2.55 bits per heavy atom. The zero-order chi connectivity index (χ0) is 14.5. The highest BCUT2D eigenvalue weighted by Crippen LogP contribution is 2.15. The molecule has 0 atom stereocenters. The molecule has 1 amide bonds. The van der Waals surface area contributed by atoms with E-state index in [4.69, 9.17) is 11.5 Å². The van der Waals surface area contributed by atoms with Crippen LogP contribution in [0.15, 0.2) is 36.4 Å².